The van der Waals surface area contributed by atoms with Gasteiger partial charge in [0.2, 0.25) is 5.95 Å². The van der Waals surface area contributed by atoms with E-state index in [2.05, 4.69) is 40.1 Å². The highest BCUT2D eigenvalue weighted by molar-refractivity contribution is 7.50. The average Bonchev–Trinajstić information content (AvgIpc) is 3.80. The number of imidazole rings is 2. The van der Waals surface area contributed by atoms with Crippen LogP contribution in [0.5, 0.6) is 0 Å². The number of aromatic nitrogens is 8. The summed E-state index contributed by atoms with van der Waals surface area (Å²) in [5.41, 5.74) is 11.6. The molecule has 52 heavy (non-hydrogen) atoms. The number of aliphatic hydroxyl groups excluding tert-OH is 1. The lowest BCUT2D eigenvalue weighted by Crippen LogP contribution is -2.53. The Morgan fingerprint density at radius 1 is 0.904 bits per heavy atom. The lowest BCUT2D eigenvalue weighted by Gasteiger charge is -2.41. The molecule has 26 heteroatoms. The van der Waals surface area contributed by atoms with Gasteiger partial charge in [0.15, 0.2) is 43.4 Å². The van der Waals surface area contributed by atoms with Crippen LogP contribution in [-0.2, 0) is 32.1 Å². The summed E-state index contributed by atoms with van der Waals surface area (Å²) in [5.74, 6) is -0.116. The molecule has 10 atom stereocenters. The average molecular weight is 787 g/mol. The van der Waals surface area contributed by atoms with E-state index in [0.29, 0.717) is 0 Å². The summed E-state index contributed by atoms with van der Waals surface area (Å²) < 4.78 is 60.5. The van der Waals surface area contributed by atoms with Gasteiger partial charge in [-0.3, -0.25) is 28.0 Å². The van der Waals surface area contributed by atoms with Crippen LogP contribution in [0.25, 0.3) is 22.3 Å². The summed E-state index contributed by atoms with van der Waals surface area (Å²) in [4.78, 5) is 58.0. The molecular weight excluding hydrogens is 746 g/mol. The molecule has 3 aliphatic rings. The number of aromatic amines is 1. The summed E-state index contributed by atoms with van der Waals surface area (Å²) >= 11 is 0. The van der Waals surface area contributed by atoms with Crippen LogP contribution < -0.4 is 27.2 Å². The highest BCUT2D eigenvalue weighted by Crippen LogP contribution is 2.49. The Morgan fingerprint density at radius 3 is 2.13 bits per heavy atom. The second-order valence-corrected chi connectivity index (χ2v) is 22.1. The first-order valence-electron chi connectivity index (χ1n) is 16.1. The number of fused-ring (bicyclic) bond motifs is 4. The number of nitrogens with zero attached hydrogens (tertiary/aromatic N) is 7. The Hall–Kier alpha value is -3.22. The molecule has 0 radical (unpaired) electrons. The number of ether oxygens (including phenoxy) is 2. The highest BCUT2D eigenvalue weighted by atomic mass is 31.2. The van der Waals surface area contributed by atoms with Crippen molar-refractivity contribution in [3.05, 3.63) is 29.3 Å². The standard InChI is InChI=1S/C26H40N12O11P2Si/c1-26(2,3)52(4,5)49-18-14-12(48-24(18)38-10-32-16-21(38)33-25(28)34-22(16)40)7-46-50(41,42)35-13-11(6-45-51(43,44)36-14)47-23(17(13)39)37-9-31-15-19(27)29-8-30-20(15)37/h8-14,17-18,23-24,39H,6-7H2,1-5H3,(H2,27,29,30)(H2,35,41,42)(H2,36,43,44)(H3,28,33,34,40)/t11-,12-,13-,14-,17-,18?,23-,24-/m1/s1. The minimum atomic E-state index is -4.79. The number of H-pyrrole nitrogens is 1. The fraction of sp³-hybridized carbons (Fsp3) is 0.615. The molecule has 3 unspecified atom stereocenters. The summed E-state index contributed by atoms with van der Waals surface area (Å²) in [6, 6.07) is -2.58. The number of nitrogens with one attached hydrogen (secondary N) is 3. The Labute approximate surface area is 295 Å². The molecule has 0 saturated carbocycles. The molecule has 7 rings (SSSR count). The van der Waals surface area contributed by atoms with Crippen molar-refractivity contribution in [2.45, 2.75) is 87.9 Å². The van der Waals surface area contributed by atoms with Gasteiger partial charge in [-0.05, 0) is 18.1 Å². The third-order valence-electron chi connectivity index (χ3n) is 9.80. The van der Waals surface area contributed by atoms with E-state index in [-0.39, 0.29) is 39.1 Å². The normalized spacial score (nSPS) is 34.9. The fourth-order valence-electron chi connectivity index (χ4n) is 6.16. The number of nitrogens with two attached hydrogens (primary N) is 2. The quantitative estimate of drug-likeness (QED) is 0.0983. The zero-order valence-electron chi connectivity index (χ0n) is 28.6. The summed E-state index contributed by atoms with van der Waals surface area (Å²) in [5, 5.41) is 16.1. The maximum Gasteiger partial charge on any atom is 0.403 e. The van der Waals surface area contributed by atoms with Crippen molar-refractivity contribution < 1.29 is 47.0 Å². The number of hydrogen-bond acceptors (Lipinski definition) is 16. The predicted molar refractivity (Wildman–Crippen MR) is 184 cm³/mol. The molecule has 23 nitrogen and oxygen atoms in total. The number of rotatable bonds is 4. The van der Waals surface area contributed by atoms with Crippen LogP contribution in [0.3, 0.4) is 0 Å². The molecule has 0 amide bonds. The van der Waals surface area contributed by atoms with Crippen LogP contribution in [0, 0.1) is 0 Å². The van der Waals surface area contributed by atoms with Crippen molar-refractivity contribution in [3.63, 3.8) is 0 Å². The number of aliphatic hydroxyl groups is 1. The summed E-state index contributed by atoms with van der Waals surface area (Å²) in [6.07, 6.45) is -3.81. The van der Waals surface area contributed by atoms with Gasteiger partial charge in [0.05, 0.1) is 38.0 Å². The molecule has 3 saturated heterocycles. The lowest BCUT2D eigenvalue weighted by atomic mass is 10.1. The lowest BCUT2D eigenvalue weighted by molar-refractivity contribution is -0.0477. The number of nitrogen functional groups attached to an aromatic ring is 2. The van der Waals surface area contributed by atoms with Gasteiger partial charge in [-0.2, -0.15) is 4.98 Å². The third-order valence-corrected chi connectivity index (χ3v) is 16.5. The zero-order chi connectivity index (χ0) is 37.5. The molecule has 3 aliphatic heterocycles. The van der Waals surface area contributed by atoms with Crippen LogP contribution in [0.1, 0.15) is 33.2 Å². The van der Waals surface area contributed by atoms with Gasteiger partial charge in [-0.25, -0.2) is 39.2 Å². The molecule has 10 N–H and O–H groups in total. The first-order chi connectivity index (χ1) is 24.3. The molecule has 7 heterocycles. The van der Waals surface area contributed by atoms with Crippen LogP contribution in [0.15, 0.2) is 23.8 Å². The van der Waals surface area contributed by atoms with Crippen molar-refractivity contribution in [1.82, 2.24) is 49.2 Å². The summed E-state index contributed by atoms with van der Waals surface area (Å²) in [6.45, 7) is 8.62. The van der Waals surface area contributed by atoms with Crippen LogP contribution >= 0.6 is 15.5 Å². The second kappa shape index (κ2) is 13.0. The first kappa shape index (κ1) is 37.1. The largest absolute Gasteiger partial charge is 0.408 e. The van der Waals surface area contributed by atoms with Gasteiger partial charge < -0.3 is 40.3 Å². The molecule has 3 fully saturated rings. The molecule has 4 aromatic heterocycles. The van der Waals surface area contributed by atoms with Gasteiger partial charge >= 0.3 is 15.5 Å². The van der Waals surface area contributed by atoms with Gasteiger partial charge in [0.1, 0.15) is 36.3 Å². The van der Waals surface area contributed by atoms with E-state index in [1.807, 2.05) is 33.9 Å². The maximum absolute atomic E-state index is 13.8. The highest BCUT2D eigenvalue weighted by Gasteiger charge is 2.55. The van der Waals surface area contributed by atoms with E-state index in [1.54, 1.807) is 0 Å². The smallest absolute Gasteiger partial charge is 0.403 e. The van der Waals surface area contributed by atoms with E-state index < -0.39 is 91.5 Å². The van der Waals surface area contributed by atoms with Gasteiger partial charge in [0, 0.05) is 0 Å². The minimum Gasteiger partial charge on any atom is -0.408 e. The van der Waals surface area contributed by atoms with E-state index in [0.717, 1.165) is 0 Å². The molecule has 4 aromatic rings. The maximum atomic E-state index is 13.8. The van der Waals surface area contributed by atoms with Crippen molar-refractivity contribution in [2.24, 2.45) is 0 Å². The zero-order valence-corrected chi connectivity index (χ0v) is 31.3. The van der Waals surface area contributed by atoms with Crippen molar-refractivity contribution in [1.29, 1.82) is 0 Å². The fourth-order valence-corrected chi connectivity index (χ4v) is 9.69. The van der Waals surface area contributed by atoms with Gasteiger partial charge in [0.25, 0.3) is 5.56 Å². The molecule has 284 valence electrons. The van der Waals surface area contributed by atoms with Crippen molar-refractivity contribution in [3.8, 4) is 0 Å². The van der Waals surface area contributed by atoms with Crippen LogP contribution in [0.4, 0.5) is 11.8 Å². The van der Waals surface area contributed by atoms with Crippen molar-refractivity contribution >= 4 is 57.9 Å². The van der Waals surface area contributed by atoms with E-state index in [1.165, 1.54) is 28.1 Å². The Kier molecular flexibility index (Phi) is 9.26. The Balaban J connectivity index is 1.24. The second-order valence-electron chi connectivity index (χ2n) is 14.3. The third kappa shape index (κ3) is 6.72. The molecule has 0 spiro atoms. The van der Waals surface area contributed by atoms with Crippen molar-refractivity contribution in [2.75, 3.05) is 24.7 Å². The monoisotopic (exact) mass is 786 g/mol. The van der Waals surface area contributed by atoms with E-state index in [4.69, 9.17) is 34.4 Å². The molecule has 0 aliphatic carbocycles. The topological polar surface area (TPSA) is 324 Å². The SMILES string of the molecule is CC(C)(C)[Si](C)(C)OC1[C@H](n2cnc3c(=O)[nH]c(N)nc32)O[C@@H]2COP(=O)(O)N[C@H]3[C@@H](O)[C@H](n4cnc5c(N)ncnc54)O[C@@H]3COP(=O)(O)N[C@@H]12. The van der Waals surface area contributed by atoms with Crippen LogP contribution in [-0.4, -0.2) is 112 Å². The van der Waals surface area contributed by atoms with E-state index in [9.17, 15) is 28.8 Å². The predicted octanol–water partition coefficient (Wildman–Crippen LogP) is -0.166. The van der Waals surface area contributed by atoms with E-state index >= 15 is 0 Å². The molecule has 0 bridgehead atoms. The number of hydrogen-bond donors (Lipinski definition) is 8. The molecule has 0 aromatic carbocycles. The summed E-state index contributed by atoms with van der Waals surface area (Å²) in [7, 11) is -12.3. The van der Waals surface area contributed by atoms with Gasteiger partial charge in [-0.1, -0.05) is 20.8 Å². The Morgan fingerprint density at radius 2 is 1.48 bits per heavy atom. The van der Waals surface area contributed by atoms with Crippen LogP contribution in [0.2, 0.25) is 18.1 Å². The number of anilines is 2. The first-order valence-corrected chi connectivity index (χ1v) is 22.1. The van der Waals surface area contributed by atoms with Gasteiger partial charge in [-0.15, -0.1) is 0 Å². The Bertz CT molecular complexity index is 2160. The molecular formula is C26H40N12O11P2Si. The minimum absolute atomic E-state index is 0.0413.